The second kappa shape index (κ2) is 9.00. The highest BCUT2D eigenvalue weighted by molar-refractivity contribution is 5.91. The monoisotopic (exact) mass is 337 g/mol. The van der Waals surface area contributed by atoms with Crippen molar-refractivity contribution in [3.05, 3.63) is 35.6 Å². The molecule has 0 bridgehead atoms. The molecule has 1 rings (SSSR count). The molecule has 0 heterocycles. The summed E-state index contributed by atoms with van der Waals surface area (Å²) in [6.45, 7) is 4.93. The number of hydrogen-bond acceptors (Lipinski definition) is 3. The van der Waals surface area contributed by atoms with Crippen molar-refractivity contribution in [3.8, 4) is 0 Å². The average Bonchev–Trinajstić information content (AvgIpc) is 2.52. The van der Waals surface area contributed by atoms with Crippen LogP contribution in [0.5, 0.6) is 0 Å². The van der Waals surface area contributed by atoms with E-state index in [4.69, 9.17) is 5.73 Å². The number of nitrogens with two attached hydrogens (primary N) is 1. The van der Waals surface area contributed by atoms with Crippen LogP contribution in [0.3, 0.4) is 0 Å². The molecule has 4 N–H and O–H groups in total. The number of amides is 3. The topological polar surface area (TPSA) is 101 Å². The maximum absolute atomic E-state index is 13.8. The van der Waals surface area contributed by atoms with Gasteiger partial charge in [0.15, 0.2) is 0 Å². The highest BCUT2D eigenvalue weighted by Crippen LogP contribution is 2.11. The van der Waals surface area contributed by atoms with Gasteiger partial charge in [-0.2, -0.15) is 0 Å². The second-order valence-electron chi connectivity index (χ2n) is 5.82. The van der Waals surface area contributed by atoms with E-state index in [0.29, 0.717) is 12.0 Å². The standard InChI is InChI=1S/C17H24FN3O3/c1-4-10(2)15(16(19)23)21-17(24)14(20-11(3)22)9-12-7-5-6-8-13(12)18/h5-8,10,14-15H,4,9H2,1-3H3,(H2,19,23)(H,20,22)(H,21,24)/t10-,14+,15+/m0/s1. The third-order valence-corrected chi connectivity index (χ3v) is 3.89. The molecule has 0 spiro atoms. The molecule has 0 aromatic heterocycles. The molecular weight excluding hydrogens is 313 g/mol. The Morgan fingerprint density at radius 1 is 1.21 bits per heavy atom. The molecule has 0 saturated carbocycles. The van der Waals surface area contributed by atoms with Crippen molar-refractivity contribution in [1.29, 1.82) is 0 Å². The van der Waals surface area contributed by atoms with E-state index in [-0.39, 0.29) is 12.3 Å². The van der Waals surface area contributed by atoms with Crippen molar-refractivity contribution in [2.75, 3.05) is 0 Å². The van der Waals surface area contributed by atoms with Gasteiger partial charge in [0.25, 0.3) is 0 Å². The van der Waals surface area contributed by atoms with Crippen LogP contribution in [0.1, 0.15) is 32.8 Å². The van der Waals surface area contributed by atoms with E-state index in [1.807, 2.05) is 6.92 Å². The number of carbonyl (C=O) groups excluding carboxylic acids is 3. The van der Waals surface area contributed by atoms with Crippen LogP contribution in [0.2, 0.25) is 0 Å². The minimum atomic E-state index is -0.995. The zero-order valence-corrected chi connectivity index (χ0v) is 14.1. The first-order valence-electron chi connectivity index (χ1n) is 7.86. The van der Waals surface area contributed by atoms with Gasteiger partial charge in [-0.15, -0.1) is 0 Å². The molecule has 1 aromatic rings. The third kappa shape index (κ3) is 5.64. The van der Waals surface area contributed by atoms with Gasteiger partial charge in [-0.25, -0.2) is 4.39 Å². The van der Waals surface area contributed by atoms with Gasteiger partial charge in [-0.1, -0.05) is 38.5 Å². The van der Waals surface area contributed by atoms with E-state index in [2.05, 4.69) is 10.6 Å². The van der Waals surface area contributed by atoms with E-state index in [1.54, 1.807) is 19.1 Å². The van der Waals surface area contributed by atoms with Crippen LogP contribution in [-0.2, 0) is 20.8 Å². The number of primary amides is 1. The maximum atomic E-state index is 13.8. The number of rotatable bonds is 8. The second-order valence-corrected chi connectivity index (χ2v) is 5.82. The molecule has 6 nitrogen and oxygen atoms in total. The molecule has 132 valence electrons. The molecule has 0 radical (unpaired) electrons. The number of carbonyl (C=O) groups is 3. The van der Waals surface area contributed by atoms with Crippen molar-refractivity contribution in [2.24, 2.45) is 11.7 Å². The molecule has 0 aliphatic rings. The maximum Gasteiger partial charge on any atom is 0.243 e. The SMILES string of the molecule is CC[C@H](C)[C@@H](NC(=O)[C@@H](Cc1ccccc1F)NC(C)=O)C(N)=O. The fourth-order valence-corrected chi connectivity index (χ4v) is 2.32. The predicted molar refractivity (Wildman–Crippen MR) is 88.3 cm³/mol. The highest BCUT2D eigenvalue weighted by Gasteiger charge is 2.28. The van der Waals surface area contributed by atoms with Crippen LogP contribution in [-0.4, -0.2) is 29.8 Å². The smallest absolute Gasteiger partial charge is 0.243 e. The predicted octanol–water partition coefficient (Wildman–Crippen LogP) is 0.889. The Kier molecular flexibility index (Phi) is 7.35. The van der Waals surface area contributed by atoms with E-state index in [9.17, 15) is 18.8 Å². The molecule has 0 aliphatic heterocycles. The van der Waals surface area contributed by atoms with E-state index >= 15 is 0 Å². The summed E-state index contributed by atoms with van der Waals surface area (Å²) < 4.78 is 13.8. The van der Waals surface area contributed by atoms with Gasteiger partial charge in [0.2, 0.25) is 17.7 Å². The minimum Gasteiger partial charge on any atom is -0.368 e. The summed E-state index contributed by atoms with van der Waals surface area (Å²) >= 11 is 0. The Morgan fingerprint density at radius 2 is 1.83 bits per heavy atom. The van der Waals surface area contributed by atoms with Crippen molar-refractivity contribution >= 4 is 17.7 Å². The van der Waals surface area contributed by atoms with Gasteiger partial charge in [-0.05, 0) is 17.5 Å². The highest BCUT2D eigenvalue weighted by atomic mass is 19.1. The molecule has 0 saturated heterocycles. The van der Waals surface area contributed by atoms with Gasteiger partial charge in [0.05, 0.1) is 0 Å². The van der Waals surface area contributed by atoms with Crippen LogP contribution >= 0.6 is 0 Å². The van der Waals surface area contributed by atoms with Gasteiger partial charge in [0, 0.05) is 13.3 Å². The lowest BCUT2D eigenvalue weighted by Crippen LogP contribution is -2.55. The van der Waals surface area contributed by atoms with E-state index < -0.39 is 35.6 Å². The largest absolute Gasteiger partial charge is 0.368 e. The molecule has 0 fully saturated rings. The van der Waals surface area contributed by atoms with Gasteiger partial charge >= 0.3 is 0 Å². The quantitative estimate of drug-likeness (QED) is 0.656. The molecule has 3 atom stereocenters. The van der Waals surface area contributed by atoms with Crippen molar-refractivity contribution in [1.82, 2.24) is 10.6 Å². The number of hydrogen-bond donors (Lipinski definition) is 3. The Bertz CT molecular complexity index is 606. The van der Waals surface area contributed by atoms with E-state index in [0.717, 1.165) is 0 Å². The molecule has 0 aliphatic carbocycles. The Hall–Kier alpha value is -2.44. The summed E-state index contributed by atoms with van der Waals surface area (Å²) in [5.74, 6) is -2.26. The molecule has 0 unspecified atom stereocenters. The molecular formula is C17H24FN3O3. The fraction of sp³-hybridized carbons (Fsp3) is 0.471. The number of benzene rings is 1. The molecule has 3 amide bonds. The minimum absolute atomic E-state index is 0.0237. The Balaban J connectivity index is 2.94. The first-order chi connectivity index (χ1) is 11.3. The molecule has 24 heavy (non-hydrogen) atoms. The lowest BCUT2D eigenvalue weighted by molar-refractivity contribution is -0.131. The normalized spacial score (nSPS) is 14.3. The van der Waals surface area contributed by atoms with Crippen LogP contribution < -0.4 is 16.4 Å². The van der Waals surface area contributed by atoms with Crippen LogP contribution in [0, 0.1) is 11.7 Å². The fourth-order valence-electron chi connectivity index (χ4n) is 2.32. The van der Waals surface area contributed by atoms with Crippen molar-refractivity contribution in [2.45, 2.75) is 45.7 Å². The number of halogens is 1. The summed E-state index contributed by atoms with van der Waals surface area (Å²) in [4.78, 5) is 35.4. The van der Waals surface area contributed by atoms with Crippen LogP contribution in [0.15, 0.2) is 24.3 Å². The van der Waals surface area contributed by atoms with Crippen molar-refractivity contribution < 1.29 is 18.8 Å². The third-order valence-electron chi connectivity index (χ3n) is 3.89. The van der Waals surface area contributed by atoms with Crippen LogP contribution in [0.25, 0.3) is 0 Å². The van der Waals surface area contributed by atoms with Gasteiger partial charge in [-0.3, -0.25) is 14.4 Å². The van der Waals surface area contributed by atoms with Gasteiger partial charge < -0.3 is 16.4 Å². The zero-order chi connectivity index (χ0) is 18.3. The summed E-state index contributed by atoms with van der Waals surface area (Å²) in [5.41, 5.74) is 5.64. The van der Waals surface area contributed by atoms with Gasteiger partial charge in [0.1, 0.15) is 17.9 Å². The average molecular weight is 337 g/mol. The number of nitrogens with one attached hydrogen (secondary N) is 2. The lowest BCUT2D eigenvalue weighted by atomic mass is 9.97. The molecule has 7 heteroatoms. The Labute approximate surface area is 141 Å². The van der Waals surface area contributed by atoms with E-state index in [1.165, 1.54) is 19.1 Å². The summed E-state index contributed by atoms with van der Waals surface area (Å²) in [6, 6.07) is 4.16. The summed E-state index contributed by atoms with van der Waals surface area (Å²) in [5, 5.41) is 5.05. The first-order valence-corrected chi connectivity index (χ1v) is 7.86. The zero-order valence-electron chi connectivity index (χ0n) is 14.1. The van der Waals surface area contributed by atoms with Crippen LogP contribution in [0.4, 0.5) is 4.39 Å². The summed E-state index contributed by atoms with van der Waals surface area (Å²) in [7, 11) is 0. The Morgan fingerprint density at radius 3 is 2.33 bits per heavy atom. The molecule has 1 aromatic carbocycles. The first kappa shape index (κ1) is 19.6. The van der Waals surface area contributed by atoms with Crippen molar-refractivity contribution in [3.63, 3.8) is 0 Å². The lowest BCUT2D eigenvalue weighted by Gasteiger charge is -2.25. The summed E-state index contributed by atoms with van der Waals surface area (Å²) in [6.07, 6.45) is 0.621.